The average Bonchev–Trinajstić information content (AvgIpc) is 2.98. The topological polar surface area (TPSA) is 102 Å². The van der Waals surface area contributed by atoms with Crippen LogP contribution < -0.4 is 15.2 Å². The van der Waals surface area contributed by atoms with Crippen LogP contribution in [-0.2, 0) is 10.0 Å². The number of likely N-dealkylation sites (N-methyl/N-ethyl adjacent to an activating group) is 1. The molecule has 1 aromatic rings. The highest BCUT2D eigenvalue weighted by Gasteiger charge is 2.24. The number of carbonyl (C=O) groups excluding carboxylic acids is 1. The van der Waals surface area contributed by atoms with Crippen molar-refractivity contribution in [2.75, 3.05) is 26.7 Å². The average molecular weight is 341 g/mol. The molecule has 0 radical (unpaired) electrons. The summed E-state index contributed by atoms with van der Waals surface area (Å²) < 4.78 is 27.9. The zero-order chi connectivity index (χ0) is 17.0. The molecule has 1 fully saturated rings. The summed E-state index contributed by atoms with van der Waals surface area (Å²) >= 11 is 0. The van der Waals surface area contributed by atoms with Crippen molar-refractivity contribution in [1.82, 2.24) is 10.2 Å². The Morgan fingerprint density at radius 2 is 2.22 bits per heavy atom. The Hall–Kier alpha value is -1.64. The van der Waals surface area contributed by atoms with Crippen LogP contribution in [0, 0.1) is 0 Å². The highest BCUT2D eigenvalue weighted by molar-refractivity contribution is 7.89. The Bertz CT molecular complexity index is 675. The van der Waals surface area contributed by atoms with E-state index < -0.39 is 10.0 Å². The second kappa shape index (κ2) is 7.29. The fourth-order valence-corrected chi connectivity index (χ4v) is 3.41. The van der Waals surface area contributed by atoms with E-state index in [9.17, 15) is 13.2 Å². The van der Waals surface area contributed by atoms with Gasteiger partial charge in [-0.2, -0.15) is 0 Å². The summed E-state index contributed by atoms with van der Waals surface area (Å²) in [7, 11) is -2.45. The van der Waals surface area contributed by atoms with Gasteiger partial charge in [0.25, 0.3) is 5.91 Å². The van der Waals surface area contributed by atoms with Gasteiger partial charge in [-0.3, -0.25) is 9.69 Å². The molecule has 0 aromatic heterocycles. The Morgan fingerprint density at radius 3 is 2.83 bits per heavy atom. The number of nitrogens with one attached hydrogen (secondary N) is 1. The summed E-state index contributed by atoms with van der Waals surface area (Å²) in [6.45, 7) is 4.69. The molecule has 2 rings (SSSR count). The van der Waals surface area contributed by atoms with Crippen molar-refractivity contribution in [1.29, 1.82) is 0 Å². The largest absolute Gasteiger partial charge is 0.496 e. The first-order chi connectivity index (χ1) is 10.9. The van der Waals surface area contributed by atoms with Gasteiger partial charge < -0.3 is 10.1 Å². The van der Waals surface area contributed by atoms with E-state index in [1.807, 2.05) is 0 Å². The summed E-state index contributed by atoms with van der Waals surface area (Å²) in [5.74, 6) is -0.0985. The number of hydrogen-bond donors (Lipinski definition) is 2. The van der Waals surface area contributed by atoms with Crippen molar-refractivity contribution in [2.45, 2.75) is 30.7 Å². The number of benzene rings is 1. The molecule has 1 aromatic carbocycles. The fourth-order valence-electron chi connectivity index (χ4n) is 2.88. The lowest BCUT2D eigenvalue weighted by molar-refractivity contribution is 0.0938. The Kier molecular flexibility index (Phi) is 5.61. The van der Waals surface area contributed by atoms with Crippen molar-refractivity contribution < 1.29 is 17.9 Å². The number of carbonyl (C=O) groups is 1. The highest BCUT2D eigenvalue weighted by Crippen LogP contribution is 2.22. The van der Waals surface area contributed by atoms with Crippen LogP contribution in [0.25, 0.3) is 0 Å². The quantitative estimate of drug-likeness (QED) is 0.787. The lowest BCUT2D eigenvalue weighted by Gasteiger charge is -2.23. The van der Waals surface area contributed by atoms with Gasteiger partial charge in [0.1, 0.15) is 5.75 Å². The molecule has 1 amide bonds. The first-order valence-electron chi connectivity index (χ1n) is 7.60. The van der Waals surface area contributed by atoms with E-state index in [0.717, 1.165) is 25.9 Å². The molecule has 0 unspecified atom stereocenters. The predicted octanol–water partition coefficient (Wildman–Crippen LogP) is 0.557. The number of primary sulfonamides is 1. The fraction of sp³-hybridized carbons (Fsp3) is 0.533. The molecule has 7 nitrogen and oxygen atoms in total. The van der Waals surface area contributed by atoms with E-state index in [0.29, 0.717) is 18.2 Å². The van der Waals surface area contributed by atoms with Crippen molar-refractivity contribution in [3.8, 4) is 5.75 Å². The maximum Gasteiger partial charge on any atom is 0.255 e. The molecule has 1 aliphatic rings. The van der Waals surface area contributed by atoms with E-state index in [-0.39, 0.29) is 16.6 Å². The maximum atomic E-state index is 12.3. The molecule has 0 aliphatic carbocycles. The van der Waals surface area contributed by atoms with Gasteiger partial charge in [0.2, 0.25) is 10.0 Å². The minimum Gasteiger partial charge on any atom is -0.496 e. The number of hydrogen-bond acceptors (Lipinski definition) is 5. The van der Waals surface area contributed by atoms with Crippen LogP contribution in [0.15, 0.2) is 23.1 Å². The number of ether oxygens (including phenoxy) is 1. The molecule has 8 heteroatoms. The summed E-state index contributed by atoms with van der Waals surface area (Å²) in [6.07, 6.45) is 2.20. The van der Waals surface area contributed by atoms with Crippen molar-refractivity contribution in [2.24, 2.45) is 5.14 Å². The molecular weight excluding hydrogens is 318 g/mol. The van der Waals surface area contributed by atoms with Gasteiger partial charge in [-0.15, -0.1) is 0 Å². The smallest absolute Gasteiger partial charge is 0.255 e. The molecule has 0 bridgehead atoms. The van der Waals surface area contributed by atoms with Crippen LogP contribution in [0.5, 0.6) is 5.75 Å². The SMILES string of the molecule is CCN1CCC[C@@H]1CNC(=O)c1ccc(S(N)(=O)=O)cc1OC. The van der Waals surface area contributed by atoms with E-state index in [4.69, 9.17) is 9.88 Å². The van der Waals surface area contributed by atoms with Crippen molar-refractivity contribution >= 4 is 15.9 Å². The lowest BCUT2D eigenvalue weighted by Crippen LogP contribution is -2.40. The molecule has 1 aliphatic heterocycles. The van der Waals surface area contributed by atoms with Gasteiger partial charge in [-0.25, -0.2) is 13.6 Å². The number of amides is 1. The zero-order valence-corrected chi connectivity index (χ0v) is 14.2. The van der Waals surface area contributed by atoms with Gasteiger partial charge in [0.15, 0.2) is 0 Å². The van der Waals surface area contributed by atoms with Crippen LogP contribution in [0.3, 0.4) is 0 Å². The van der Waals surface area contributed by atoms with E-state index in [2.05, 4.69) is 17.1 Å². The normalized spacial score (nSPS) is 18.8. The maximum absolute atomic E-state index is 12.3. The minimum absolute atomic E-state index is 0.0844. The summed E-state index contributed by atoms with van der Waals surface area (Å²) in [4.78, 5) is 14.6. The van der Waals surface area contributed by atoms with E-state index in [1.165, 1.54) is 25.3 Å². The third-order valence-electron chi connectivity index (χ3n) is 4.15. The van der Waals surface area contributed by atoms with Gasteiger partial charge >= 0.3 is 0 Å². The molecule has 128 valence electrons. The molecule has 1 atom stereocenters. The highest BCUT2D eigenvalue weighted by atomic mass is 32.2. The standard InChI is InChI=1S/C15H23N3O4S/c1-3-18-8-4-5-11(18)10-17-15(19)13-7-6-12(23(16,20)21)9-14(13)22-2/h6-7,9,11H,3-5,8,10H2,1-2H3,(H,17,19)(H2,16,20,21)/t11-/m1/s1. The summed E-state index contributed by atoms with van der Waals surface area (Å²) in [5.41, 5.74) is 0.293. The van der Waals surface area contributed by atoms with E-state index >= 15 is 0 Å². The molecule has 1 saturated heterocycles. The number of nitrogens with two attached hydrogens (primary N) is 1. The van der Waals surface area contributed by atoms with E-state index in [1.54, 1.807) is 0 Å². The first-order valence-corrected chi connectivity index (χ1v) is 9.14. The van der Waals surface area contributed by atoms with Crippen LogP contribution in [0.2, 0.25) is 0 Å². The molecule has 0 saturated carbocycles. The zero-order valence-electron chi connectivity index (χ0n) is 13.4. The molecule has 3 N–H and O–H groups in total. The van der Waals surface area contributed by atoms with Crippen LogP contribution in [0.1, 0.15) is 30.1 Å². The van der Waals surface area contributed by atoms with Crippen LogP contribution in [0.4, 0.5) is 0 Å². The van der Waals surface area contributed by atoms with Gasteiger partial charge in [-0.05, 0) is 38.1 Å². The monoisotopic (exact) mass is 341 g/mol. The van der Waals surface area contributed by atoms with Gasteiger partial charge in [0.05, 0.1) is 17.6 Å². The predicted molar refractivity (Wildman–Crippen MR) is 87.0 cm³/mol. The lowest BCUT2D eigenvalue weighted by atomic mass is 10.1. The number of likely N-dealkylation sites (tertiary alicyclic amines) is 1. The molecule has 23 heavy (non-hydrogen) atoms. The second-order valence-electron chi connectivity index (χ2n) is 5.54. The van der Waals surface area contributed by atoms with Crippen molar-refractivity contribution in [3.63, 3.8) is 0 Å². The molecular formula is C15H23N3O4S. The second-order valence-corrected chi connectivity index (χ2v) is 7.10. The number of sulfonamides is 1. The Labute approximate surface area is 136 Å². The number of nitrogens with zero attached hydrogens (tertiary/aromatic N) is 1. The van der Waals surface area contributed by atoms with Gasteiger partial charge in [-0.1, -0.05) is 6.92 Å². The third kappa shape index (κ3) is 4.21. The van der Waals surface area contributed by atoms with Crippen molar-refractivity contribution in [3.05, 3.63) is 23.8 Å². The Morgan fingerprint density at radius 1 is 1.48 bits per heavy atom. The first kappa shape index (κ1) is 17.7. The third-order valence-corrected chi connectivity index (χ3v) is 5.06. The van der Waals surface area contributed by atoms with Crippen LogP contribution in [-0.4, -0.2) is 52.0 Å². The van der Waals surface area contributed by atoms with Gasteiger partial charge in [0, 0.05) is 18.7 Å². The number of rotatable bonds is 6. The number of methoxy groups -OCH3 is 1. The molecule has 1 heterocycles. The Balaban J connectivity index is 2.10. The van der Waals surface area contributed by atoms with Crippen LogP contribution >= 0.6 is 0 Å². The molecule has 0 spiro atoms. The minimum atomic E-state index is -3.83. The summed E-state index contributed by atoms with van der Waals surface area (Å²) in [5, 5.41) is 7.99. The summed E-state index contributed by atoms with van der Waals surface area (Å²) in [6, 6.07) is 4.33.